The number of alkyl carbamates (subject to hydrolysis) is 1. The number of hydrogen-bond acceptors (Lipinski definition) is 3. The maximum Gasteiger partial charge on any atom is 0.408 e. The molecule has 1 atom stereocenters. The number of rotatable bonds is 4. The van der Waals surface area contributed by atoms with Gasteiger partial charge in [0.15, 0.2) is 0 Å². The van der Waals surface area contributed by atoms with Crippen molar-refractivity contribution in [2.24, 2.45) is 0 Å². The molecule has 5 heteroatoms. The van der Waals surface area contributed by atoms with Crippen LogP contribution in [0, 0.1) is 0 Å². The van der Waals surface area contributed by atoms with Gasteiger partial charge in [0.05, 0.1) is 6.04 Å². The second-order valence-electron chi connectivity index (χ2n) is 5.52. The lowest BCUT2D eigenvalue weighted by Crippen LogP contribution is -2.35. The van der Waals surface area contributed by atoms with Crippen LogP contribution in [-0.2, 0) is 4.74 Å². The van der Waals surface area contributed by atoms with Crippen LogP contribution in [0.15, 0.2) is 31.1 Å². The number of carbonyl (C=O) groups is 1. The van der Waals surface area contributed by atoms with E-state index < -0.39 is 11.7 Å². The molecule has 1 aromatic rings. The molecule has 1 N–H and O–H groups in total. The minimum absolute atomic E-state index is 0.167. The van der Waals surface area contributed by atoms with Gasteiger partial charge in [0.25, 0.3) is 0 Å². The van der Waals surface area contributed by atoms with Gasteiger partial charge in [0.1, 0.15) is 13.4 Å². The van der Waals surface area contributed by atoms with E-state index in [0.29, 0.717) is 6.42 Å². The number of hydrogen-bond donors (Lipinski definition) is 1. The first kappa shape index (κ1) is 15.3. The number of carbonyl (C=O) groups excluding carboxylic acids is 1. The predicted molar refractivity (Wildman–Crippen MR) is 79.3 cm³/mol. The fourth-order valence-electron chi connectivity index (χ4n) is 1.66. The molecule has 1 heterocycles. The Balaban J connectivity index is 2.78. The van der Waals surface area contributed by atoms with Crippen LogP contribution in [-0.4, -0.2) is 24.5 Å². The third-order valence-corrected chi connectivity index (χ3v) is 2.39. The quantitative estimate of drug-likeness (QED) is 0.659. The van der Waals surface area contributed by atoms with Crippen molar-refractivity contribution in [3.63, 3.8) is 0 Å². The van der Waals surface area contributed by atoms with Crippen LogP contribution in [0.2, 0.25) is 0 Å². The van der Waals surface area contributed by atoms with Gasteiger partial charge in [-0.15, -0.1) is 6.58 Å². The SMILES string of the molecule is Bc1cncc([C@H](CC=C)NC(=O)OC(C)(C)C)c1. The first-order valence-electron chi connectivity index (χ1n) is 6.34. The molecule has 1 aromatic heterocycles. The molecule has 0 unspecified atom stereocenters. The van der Waals surface area contributed by atoms with E-state index in [-0.39, 0.29) is 6.04 Å². The molecule has 1 rings (SSSR count). The highest BCUT2D eigenvalue weighted by Crippen LogP contribution is 2.16. The number of pyridine rings is 1. The van der Waals surface area contributed by atoms with E-state index in [1.54, 1.807) is 18.5 Å². The standard InChI is InChI=1S/C14H21BN2O2/c1-5-6-12(10-7-11(15)9-16-8-10)17-13(18)19-14(2,3)4/h5,7-9,12H,1,6,15H2,2-4H3,(H,17,18)/t12-/m0/s1. The average Bonchev–Trinajstić information content (AvgIpc) is 2.26. The fourth-order valence-corrected chi connectivity index (χ4v) is 1.66. The molecule has 0 aliphatic carbocycles. The highest BCUT2D eigenvalue weighted by atomic mass is 16.6. The molecule has 0 saturated carbocycles. The molecule has 0 fully saturated rings. The minimum atomic E-state index is -0.506. The molecular weight excluding hydrogens is 239 g/mol. The zero-order chi connectivity index (χ0) is 14.5. The van der Waals surface area contributed by atoms with E-state index in [1.165, 1.54) is 0 Å². The number of nitrogens with one attached hydrogen (secondary N) is 1. The van der Waals surface area contributed by atoms with E-state index in [4.69, 9.17) is 4.74 Å². The van der Waals surface area contributed by atoms with Crippen LogP contribution in [0.4, 0.5) is 4.79 Å². The van der Waals surface area contributed by atoms with Gasteiger partial charge in [-0.2, -0.15) is 0 Å². The normalized spacial score (nSPS) is 12.6. The highest BCUT2D eigenvalue weighted by molar-refractivity contribution is 6.32. The highest BCUT2D eigenvalue weighted by Gasteiger charge is 2.20. The molecule has 0 saturated heterocycles. The third kappa shape index (κ3) is 5.59. The zero-order valence-electron chi connectivity index (χ0n) is 12.1. The molecule has 19 heavy (non-hydrogen) atoms. The van der Waals surface area contributed by atoms with Gasteiger partial charge in [0, 0.05) is 12.4 Å². The number of nitrogens with zero attached hydrogens (tertiary/aromatic N) is 1. The summed E-state index contributed by atoms with van der Waals surface area (Å²) in [5.74, 6) is 0. The fraction of sp³-hybridized carbons (Fsp3) is 0.429. The van der Waals surface area contributed by atoms with Crippen molar-refractivity contribution in [2.75, 3.05) is 0 Å². The Bertz CT molecular complexity index is 455. The molecule has 1 amide bonds. The minimum Gasteiger partial charge on any atom is -0.444 e. The molecule has 0 spiro atoms. The second-order valence-corrected chi connectivity index (χ2v) is 5.52. The molecule has 0 aromatic carbocycles. The topological polar surface area (TPSA) is 51.2 Å². The lowest BCUT2D eigenvalue weighted by Gasteiger charge is -2.23. The van der Waals surface area contributed by atoms with Gasteiger partial charge in [0.2, 0.25) is 0 Å². The van der Waals surface area contributed by atoms with E-state index in [1.807, 2.05) is 34.7 Å². The van der Waals surface area contributed by atoms with Crippen LogP contribution in [0.1, 0.15) is 38.8 Å². The van der Waals surface area contributed by atoms with Crippen molar-refractivity contribution in [3.05, 3.63) is 36.7 Å². The van der Waals surface area contributed by atoms with Crippen molar-refractivity contribution in [1.29, 1.82) is 0 Å². The molecule has 0 aliphatic rings. The second kappa shape index (κ2) is 6.41. The van der Waals surface area contributed by atoms with Crippen molar-refractivity contribution >= 4 is 19.4 Å². The predicted octanol–water partition coefficient (Wildman–Crippen LogP) is 1.48. The average molecular weight is 260 g/mol. The number of ether oxygens (including phenoxy) is 1. The molecular formula is C14H21BN2O2. The summed E-state index contributed by atoms with van der Waals surface area (Å²) in [6, 6.07) is 1.83. The van der Waals surface area contributed by atoms with Gasteiger partial charge < -0.3 is 10.1 Å². The number of amides is 1. The zero-order valence-corrected chi connectivity index (χ0v) is 12.1. The van der Waals surface area contributed by atoms with E-state index in [0.717, 1.165) is 11.0 Å². The maximum atomic E-state index is 11.8. The molecule has 0 radical (unpaired) electrons. The molecule has 4 nitrogen and oxygen atoms in total. The van der Waals surface area contributed by atoms with Crippen molar-refractivity contribution in [1.82, 2.24) is 10.3 Å². The summed E-state index contributed by atoms with van der Waals surface area (Å²) in [5.41, 5.74) is 1.50. The summed E-state index contributed by atoms with van der Waals surface area (Å²) in [6.45, 7) is 9.23. The first-order chi connectivity index (χ1) is 8.81. The van der Waals surface area contributed by atoms with Gasteiger partial charge >= 0.3 is 6.09 Å². The Morgan fingerprint density at radius 1 is 1.58 bits per heavy atom. The Hall–Kier alpha value is -1.78. The van der Waals surface area contributed by atoms with E-state index >= 15 is 0 Å². The largest absolute Gasteiger partial charge is 0.444 e. The summed E-state index contributed by atoms with van der Waals surface area (Å²) in [6.07, 6.45) is 5.50. The van der Waals surface area contributed by atoms with E-state index in [9.17, 15) is 4.79 Å². The van der Waals surface area contributed by atoms with Crippen LogP contribution < -0.4 is 10.8 Å². The third-order valence-electron chi connectivity index (χ3n) is 2.39. The van der Waals surface area contributed by atoms with Crippen molar-refractivity contribution in [2.45, 2.75) is 38.8 Å². The Labute approximate surface area is 115 Å². The lowest BCUT2D eigenvalue weighted by molar-refractivity contribution is 0.0504. The summed E-state index contributed by atoms with van der Waals surface area (Å²) in [7, 11) is 1.97. The number of aromatic nitrogens is 1. The maximum absolute atomic E-state index is 11.8. The summed E-state index contributed by atoms with van der Waals surface area (Å²) in [5, 5.41) is 2.85. The Morgan fingerprint density at radius 3 is 2.79 bits per heavy atom. The Kier molecular flexibility index (Phi) is 5.15. The van der Waals surface area contributed by atoms with Crippen molar-refractivity contribution < 1.29 is 9.53 Å². The lowest BCUT2D eigenvalue weighted by atomic mass is 9.94. The molecule has 102 valence electrons. The smallest absolute Gasteiger partial charge is 0.408 e. The van der Waals surface area contributed by atoms with Crippen LogP contribution in [0.3, 0.4) is 0 Å². The monoisotopic (exact) mass is 260 g/mol. The summed E-state index contributed by atoms with van der Waals surface area (Å²) in [4.78, 5) is 16.0. The van der Waals surface area contributed by atoms with Gasteiger partial charge in [-0.1, -0.05) is 17.6 Å². The van der Waals surface area contributed by atoms with E-state index in [2.05, 4.69) is 16.9 Å². The Morgan fingerprint density at radius 2 is 2.26 bits per heavy atom. The van der Waals surface area contributed by atoms with Crippen LogP contribution in [0.5, 0.6) is 0 Å². The molecule has 0 aliphatic heterocycles. The molecule has 0 bridgehead atoms. The van der Waals surface area contributed by atoms with Crippen LogP contribution >= 0.6 is 0 Å². The van der Waals surface area contributed by atoms with Crippen LogP contribution in [0.25, 0.3) is 0 Å². The van der Waals surface area contributed by atoms with Gasteiger partial charge in [-0.3, -0.25) is 4.98 Å². The van der Waals surface area contributed by atoms with Crippen molar-refractivity contribution in [3.8, 4) is 0 Å². The van der Waals surface area contributed by atoms with Gasteiger partial charge in [-0.05, 0) is 32.8 Å². The summed E-state index contributed by atoms with van der Waals surface area (Å²) < 4.78 is 5.26. The van der Waals surface area contributed by atoms with Gasteiger partial charge in [-0.25, -0.2) is 4.79 Å². The first-order valence-corrected chi connectivity index (χ1v) is 6.34. The summed E-state index contributed by atoms with van der Waals surface area (Å²) >= 11 is 0.